The van der Waals surface area contributed by atoms with Gasteiger partial charge in [0.05, 0.1) is 5.41 Å². The topological polar surface area (TPSA) is 0 Å². The Morgan fingerprint density at radius 3 is 1.44 bits per heavy atom. The first-order valence-corrected chi connectivity index (χ1v) is 21.2. The van der Waals surface area contributed by atoms with Crippen LogP contribution in [0.25, 0.3) is 50.1 Å². The van der Waals surface area contributed by atoms with Crippen molar-refractivity contribution in [2.75, 3.05) is 0 Å². The summed E-state index contributed by atoms with van der Waals surface area (Å²) in [6, 6.07) is 40.6. The second kappa shape index (κ2) is 14.2. The van der Waals surface area contributed by atoms with E-state index in [1.54, 1.807) is 0 Å². The highest BCUT2D eigenvalue weighted by molar-refractivity contribution is 5.98. The zero-order valence-corrected chi connectivity index (χ0v) is 35.0. The summed E-state index contributed by atoms with van der Waals surface area (Å²) in [6.07, 6.45) is 23.8. The van der Waals surface area contributed by atoms with E-state index in [1.165, 1.54) is 94.6 Å². The maximum atomic E-state index is 2.56. The van der Waals surface area contributed by atoms with E-state index in [2.05, 4.69) is 200 Å². The molecule has 0 amide bonds. The molecule has 5 aromatic rings. The molecule has 0 saturated heterocycles. The number of rotatable bonds is 6. The lowest BCUT2D eigenvalue weighted by molar-refractivity contribution is 0.420. The van der Waals surface area contributed by atoms with Crippen LogP contribution in [0.15, 0.2) is 157 Å². The molecule has 4 aliphatic carbocycles. The van der Waals surface area contributed by atoms with Crippen LogP contribution in [-0.4, -0.2) is 0 Å². The number of benzene rings is 5. The standard InChI is InChI=1S/C57H56/c1-38-48(19-14-34-55(2,3)4)49-33-30-47(56(5,6)7)37-54(49)57(38)52-35-45(43-24-20-41(21-25-43)39-15-10-8-11-16-39)28-31-50(52)51-32-29-46(36-53(51)57)44-26-22-42(23-27-44)40-17-12-9-13-18-40/h8-10,12,14-15,17,19-33,35-37H,11,13,16,18,34H2,1-7H3. The van der Waals surface area contributed by atoms with Crippen LogP contribution in [0.1, 0.15) is 120 Å². The van der Waals surface area contributed by atoms with E-state index < -0.39 is 5.41 Å². The number of fused-ring (bicyclic) bond motifs is 7. The van der Waals surface area contributed by atoms with Gasteiger partial charge in [0.2, 0.25) is 0 Å². The van der Waals surface area contributed by atoms with Gasteiger partial charge >= 0.3 is 0 Å². The van der Waals surface area contributed by atoms with E-state index in [1.807, 2.05) is 0 Å². The molecule has 0 nitrogen and oxygen atoms in total. The van der Waals surface area contributed by atoms with E-state index in [4.69, 9.17) is 0 Å². The zero-order valence-electron chi connectivity index (χ0n) is 35.0. The SMILES string of the molecule is CC1=C(C=CCC(C)(C)C)c2ccc(C(C)(C)C)cc2C12c1cc(-c3ccc(C4=CC=CCC4)cc3)ccc1-c1ccc(-c3ccc(C4=CC=CCC4)cc3)cc12. The molecule has 0 saturated carbocycles. The molecule has 0 aliphatic heterocycles. The largest absolute Gasteiger partial charge is 0.0842 e. The van der Waals surface area contributed by atoms with Gasteiger partial charge in [-0.3, -0.25) is 0 Å². The number of hydrogen-bond donors (Lipinski definition) is 0. The lowest BCUT2D eigenvalue weighted by Crippen LogP contribution is -2.27. The fraction of sp³-hybridized carbons (Fsp3) is 0.263. The van der Waals surface area contributed by atoms with Crippen LogP contribution in [0.2, 0.25) is 0 Å². The van der Waals surface area contributed by atoms with Crippen LogP contribution in [0.3, 0.4) is 0 Å². The molecule has 0 radical (unpaired) electrons. The van der Waals surface area contributed by atoms with Gasteiger partial charge in [-0.25, -0.2) is 0 Å². The molecule has 9 rings (SSSR count). The first-order chi connectivity index (χ1) is 27.4. The van der Waals surface area contributed by atoms with Gasteiger partial charge < -0.3 is 0 Å². The summed E-state index contributed by atoms with van der Waals surface area (Å²) in [5, 5.41) is 0. The molecule has 0 heteroatoms. The van der Waals surface area contributed by atoms with Crippen LogP contribution in [0, 0.1) is 5.41 Å². The van der Waals surface area contributed by atoms with E-state index in [0.717, 1.165) is 32.1 Å². The van der Waals surface area contributed by atoms with Crippen molar-refractivity contribution in [3.8, 4) is 33.4 Å². The maximum absolute atomic E-state index is 2.56. The average Bonchev–Trinajstić information content (AvgIpc) is 3.65. The predicted molar refractivity (Wildman–Crippen MR) is 246 cm³/mol. The normalized spacial score (nSPS) is 16.9. The minimum absolute atomic E-state index is 0.0134. The van der Waals surface area contributed by atoms with Crippen molar-refractivity contribution in [3.05, 3.63) is 196 Å². The number of hydrogen-bond acceptors (Lipinski definition) is 0. The first-order valence-electron chi connectivity index (χ1n) is 21.2. The van der Waals surface area contributed by atoms with Crippen LogP contribution < -0.4 is 0 Å². The number of allylic oxidation sites excluding steroid dienone is 12. The molecule has 284 valence electrons. The Bertz CT molecular complexity index is 2450. The van der Waals surface area contributed by atoms with E-state index in [0.29, 0.717) is 0 Å². The highest BCUT2D eigenvalue weighted by atomic mass is 14.5. The molecular formula is C57H56. The Morgan fingerprint density at radius 2 is 0.982 bits per heavy atom. The van der Waals surface area contributed by atoms with Crippen LogP contribution in [-0.2, 0) is 10.8 Å². The van der Waals surface area contributed by atoms with Gasteiger partial charge in [0.1, 0.15) is 0 Å². The minimum Gasteiger partial charge on any atom is -0.0842 e. The van der Waals surface area contributed by atoms with Crippen LogP contribution >= 0.6 is 0 Å². The molecule has 0 bridgehead atoms. The van der Waals surface area contributed by atoms with Crippen molar-refractivity contribution < 1.29 is 0 Å². The summed E-state index contributed by atoms with van der Waals surface area (Å²) < 4.78 is 0. The van der Waals surface area contributed by atoms with Gasteiger partial charge in [0.25, 0.3) is 0 Å². The molecule has 4 aliphatic rings. The summed E-state index contributed by atoms with van der Waals surface area (Å²) in [5.41, 5.74) is 22.8. The second-order valence-corrected chi connectivity index (χ2v) is 19.0. The van der Waals surface area contributed by atoms with Crippen molar-refractivity contribution in [2.24, 2.45) is 5.41 Å². The van der Waals surface area contributed by atoms with Gasteiger partial charge in [0, 0.05) is 0 Å². The van der Waals surface area contributed by atoms with Crippen molar-refractivity contribution in [3.63, 3.8) is 0 Å². The molecule has 0 unspecified atom stereocenters. The van der Waals surface area contributed by atoms with Gasteiger partial charge in [-0.15, -0.1) is 0 Å². The van der Waals surface area contributed by atoms with Crippen LogP contribution in [0.5, 0.6) is 0 Å². The molecule has 1 spiro atoms. The van der Waals surface area contributed by atoms with Crippen molar-refractivity contribution in [1.29, 1.82) is 0 Å². The van der Waals surface area contributed by atoms with Gasteiger partial charge in [0.15, 0.2) is 0 Å². The lowest BCUT2D eigenvalue weighted by atomic mass is 9.68. The third kappa shape index (κ3) is 6.58. The summed E-state index contributed by atoms with van der Waals surface area (Å²) in [4.78, 5) is 0. The molecule has 0 N–H and O–H groups in total. The fourth-order valence-corrected chi connectivity index (χ4v) is 9.72. The quantitative estimate of drug-likeness (QED) is 0.163. The Labute approximate surface area is 341 Å². The molecule has 0 heterocycles. The summed E-state index contributed by atoms with van der Waals surface area (Å²) in [6.45, 7) is 16.5. The minimum atomic E-state index is -0.424. The van der Waals surface area contributed by atoms with Gasteiger partial charge in [-0.1, -0.05) is 181 Å². The third-order valence-corrected chi connectivity index (χ3v) is 12.9. The van der Waals surface area contributed by atoms with Crippen molar-refractivity contribution >= 4 is 16.7 Å². The summed E-state index contributed by atoms with van der Waals surface area (Å²) in [7, 11) is 0. The lowest BCUT2D eigenvalue weighted by Gasteiger charge is -2.33. The van der Waals surface area contributed by atoms with E-state index in [-0.39, 0.29) is 10.8 Å². The molecule has 57 heavy (non-hydrogen) atoms. The summed E-state index contributed by atoms with van der Waals surface area (Å²) >= 11 is 0. The molecule has 0 fully saturated rings. The zero-order chi connectivity index (χ0) is 39.5. The Balaban J connectivity index is 1.25. The maximum Gasteiger partial charge on any atom is 0.0686 e. The van der Waals surface area contributed by atoms with Crippen LogP contribution in [0.4, 0.5) is 0 Å². The summed E-state index contributed by atoms with van der Waals surface area (Å²) in [5.74, 6) is 0. The molecule has 0 atom stereocenters. The first kappa shape index (κ1) is 37.1. The molecule has 0 aromatic heterocycles. The van der Waals surface area contributed by atoms with E-state index in [9.17, 15) is 0 Å². The Morgan fingerprint density at radius 1 is 0.526 bits per heavy atom. The average molecular weight is 741 g/mol. The predicted octanol–water partition coefficient (Wildman–Crippen LogP) is 15.9. The fourth-order valence-electron chi connectivity index (χ4n) is 9.72. The van der Waals surface area contributed by atoms with Crippen molar-refractivity contribution in [2.45, 2.75) is 91.4 Å². The van der Waals surface area contributed by atoms with E-state index >= 15 is 0 Å². The van der Waals surface area contributed by atoms with Gasteiger partial charge in [-0.2, -0.15) is 0 Å². The molecule has 5 aromatic carbocycles. The van der Waals surface area contributed by atoms with Gasteiger partial charge in [-0.05, 0) is 157 Å². The highest BCUT2D eigenvalue weighted by Gasteiger charge is 2.51. The van der Waals surface area contributed by atoms with Crippen molar-refractivity contribution in [1.82, 2.24) is 0 Å². The molecular weight excluding hydrogens is 685 g/mol. The third-order valence-electron chi connectivity index (χ3n) is 12.9. The monoisotopic (exact) mass is 740 g/mol. The Kier molecular flexibility index (Phi) is 9.24. The Hall–Kier alpha value is -5.46. The smallest absolute Gasteiger partial charge is 0.0686 e. The highest BCUT2D eigenvalue weighted by Crippen LogP contribution is 2.63. The second-order valence-electron chi connectivity index (χ2n) is 19.0.